The highest BCUT2D eigenvalue weighted by molar-refractivity contribution is 5.07. The smallest absolute Gasteiger partial charge is 0.0703 e. The minimum Gasteiger partial charge on any atom is -0.375 e. The topological polar surface area (TPSA) is 53.1 Å². The van der Waals surface area contributed by atoms with Crippen LogP contribution >= 0.6 is 0 Å². The Hall–Kier alpha value is -0.870. The van der Waals surface area contributed by atoms with Gasteiger partial charge in [0, 0.05) is 18.8 Å². The number of aromatic nitrogens is 2. The lowest BCUT2D eigenvalue weighted by Crippen LogP contribution is -2.42. The molecule has 1 saturated heterocycles. The van der Waals surface area contributed by atoms with E-state index in [0.29, 0.717) is 6.04 Å². The van der Waals surface area contributed by atoms with Crippen molar-refractivity contribution < 1.29 is 4.74 Å². The van der Waals surface area contributed by atoms with Gasteiger partial charge in [0.25, 0.3) is 0 Å². The van der Waals surface area contributed by atoms with Gasteiger partial charge in [-0.05, 0) is 44.6 Å². The van der Waals surface area contributed by atoms with Crippen LogP contribution in [0.15, 0.2) is 12.4 Å². The first-order valence-electron chi connectivity index (χ1n) is 8.09. The minimum absolute atomic E-state index is 0.147. The number of nitrogens with zero attached hydrogens (tertiary/aromatic N) is 2. The summed E-state index contributed by atoms with van der Waals surface area (Å²) in [6.07, 6.45) is 13.8. The Morgan fingerprint density at radius 3 is 3.00 bits per heavy atom. The zero-order chi connectivity index (χ0) is 14.0. The first kappa shape index (κ1) is 14.1. The molecule has 1 aromatic heterocycles. The van der Waals surface area contributed by atoms with Gasteiger partial charge in [0.2, 0.25) is 0 Å². The third-order valence-electron chi connectivity index (χ3n) is 4.82. The van der Waals surface area contributed by atoms with Crippen molar-refractivity contribution in [3.05, 3.63) is 18.0 Å². The van der Waals surface area contributed by atoms with Crippen molar-refractivity contribution in [3.63, 3.8) is 0 Å². The molecule has 2 heterocycles. The predicted molar refractivity (Wildman–Crippen MR) is 79.6 cm³/mol. The molecular formula is C16H27N3O. The van der Waals surface area contributed by atoms with Gasteiger partial charge in [0.1, 0.15) is 0 Å². The van der Waals surface area contributed by atoms with Crippen molar-refractivity contribution in [2.24, 2.45) is 5.73 Å². The summed E-state index contributed by atoms with van der Waals surface area (Å²) in [6.45, 7) is 2.93. The highest BCUT2D eigenvalue weighted by atomic mass is 16.5. The average molecular weight is 277 g/mol. The van der Waals surface area contributed by atoms with Gasteiger partial charge < -0.3 is 10.5 Å². The summed E-state index contributed by atoms with van der Waals surface area (Å²) in [6, 6.07) is 0.704. The Labute approximate surface area is 121 Å². The Bertz CT molecular complexity index is 429. The van der Waals surface area contributed by atoms with E-state index >= 15 is 0 Å². The van der Waals surface area contributed by atoms with Crippen LogP contribution in [0, 0.1) is 0 Å². The molecule has 4 nitrogen and oxygen atoms in total. The first-order valence-corrected chi connectivity index (χ1v) is 8.09. The van der Waals surface area contributed by atoms with E-state index < -0.39 is 0 Å². The van der Waals surface area contributed by atoms with Gasteiger partial charge in [-0.25, -0.2) is 0 Å². The molecule has 20 heavy (non-hydrogen) atoms. The van der Waals surface area contributed by atoms with Gasteiger partial charge >= 0.3 is 0 Å². The monoisotopic (exact) mass is 277 g/mol. The SMILES string of the molecule is CC(N)Cc1cnn(C2CCOC3(CCCCC3)C2)c1. The molecular weight excluding hydrogens is 250 g/mol. The maximum Gasteiger partial charge on any atom is 0.0703 e. The molecule has 1 saturated carbocycles. The molecule has 2 aliphatic rings. The molecule has 0 aromatic carbocycles. The fourth-order valence-corrected chi connectivity index (χ4v) is 3.83. The molecule has 0 amide bonds. The quantitative estimate of drug-likeness (QED) is 0.924. The van der Waals surface area contributed by atoms with E-state index in [-0.39, 0.29) is 11.6 Å². The summed E-state index contributed by atoms with van der Waals surface area (Å²) < 4.78 is 8.33. The van der Waals surface area contributed by atoms with Crippen LogP contribution in [0.1, 0.15) is 63.5 Å². The molecule has 1 aromatic rings. The maximum absolute atomic E-state index is 6.17. The zero-order valence-electron chi connectivity index (χ0n) is 12.6. The van der Waals surface area contributed by atoms with Crippen LogP contribution in [0.2, 0.25) is 0 Å². The van der Waals surface area contributed by atoms with Crippen LogP contribution in [0.5, 0.6) is 0 Å². The summed E-state index contributed by atoms with van der Waals surface area (Å²) in [5.41, 5.74) is 7.27. The highest BCUT2D eigenvalue weighted by Gasteiger charge is 2.39. The van der Waals surface area contributed by atoms with Crippen molar-refractivity contribution in [2.75, 3.05) is 6.61 Å². The fraction of sp³-hybridized carbons (Fsp3) is 0.812. The summed E-state index contributed by atoms with van der Waals surface area (Å²) >= 11 is 0. The molecule has 0 radical (unpaired) electrons. The van der Waals surface area contributed by atoms with E-state index in [4.69, 9.17) is 10.5 Å². The molecule has 2 atom stereocenters. The van der Waals surface area contributed by atoms with Gasteiger partial charge in [-0.3, -0.25) is 4.68 Å². The van der Waals surface area contributed by atoms with Gasteiger partial charge in [0.05, 0.1) is 17.8 Å². The Kier molecular flexibility index (Phi) is 4.13. The number of hydrogen-bond donors (Lipinski definition) is 1. The molecule has 1 spiro atoms. The normalized spacial score (nSPS) is 27.6. The molecule has 1 aliphatic heterocycles. The standard InChI is InChI=1S/C16H27N3O/c1-13(17)9-14-11-18-19(12-14)15-5-8-20-16(10-15)6-3-2-4-7-16/h11-13,15H,2-10,17H2,1H3. The minimum atomic E-state index is 0.147. The van der Waals surface area contributed by atoms with E-state index in [2.05, 4.69) is 16.0 Å². The van der Waals surface area contributed by atoms with Crippen molar-refractivity contribution >= 4 is 0 Å². The van der Waals surface area contributed by atoms with Crippen LogP contribution in [-0.2, 0) is 11.2 Å². The van der Waals surface area contributed by atoms with Crippen molar-refractivity contribution in [1.82, 2.24) is 9.78 Å². The second-order valence-electron chi connectivity index (χ2n) is 6.75. The molecule has 2 unspecified atom stereocenters. The summed E-state index contributed by atoms with van der Waals surface area (Å²) in [4.78, 5) is 0. The summed E-state index contributed by atoms with van der Waals surface area (Å²) in [5.74, 6) is 0. The molecule has 112 valence electrons. The average Bonchev–Trinajstić information content (AvgIpc) is 2.87. The van der Waals surface area contributed by atoms with E-state index in [9.17, 15) is 0 Å². The Balaban J connectivity index is 1.68. The number of hydrogen-bond acceptors (Lipinski definition) is 3. The molecule has 2 fully saturated rings. The van der Waals surface area contributed by atoms with Gasteiger partial charge in [-0.15, -0.1) is 0 Å². The molecule has 2 N–H and O–H groups in total. The molecule has 4 heteroatoms. The Morgan fingerprint density at radius 2 is 2.25 bits per heavy atom. The van der Waals surface area contributed by atoms with Crippen LogP contribution in [0.4, 0.5) is 0 Å². The predicted octanol–water partition coefficient (Wildman–Crippen LogP) is 2.83. The van der Waals surface area contributed by atoms with Crippen LogP contribution in [0.25, 0.3) is 0 Å². The third kappa shape index (κ3) is 3.07. The van der Waals surface area contributed by atoms with Crippen LogP contribution < -0.4 is 5.73 Å². The fourth-order valence-electron chi connectivity index (χ4n) is 3.83. The zero-order valence-corrected chi connectivity index (χ0v) is 12.6. The number of ether oxygens (including phenoxy) is 1. The van der Waals surface area contributed by atoms with Crippen LogP contribution in [-0.4, -0.2) is 28.0 Å². The number of rotatable bonds is 3. The van der Waals surface area contributed by atoms with E-state index in [0.717, 1.165) is 25.9 Å². The molecule has 3 rings (SSSR count). The lowest BCUT2D eigenvalue weighted by atomic mass is 9.78. The largest absolute Gasteiger partial charge is 0.375 e. The van der Waals surface area contributed by atoms with Gasteiger partial charge in [0.15, 0.2) is 0 Å². The lowest BCUT2D eigenvalue weighted by Gasteiger charge is -2.43. The second kappa shape index (κ2) is 5.86. The van der Waals surface area contributed by atoms with Gasteiger partial charge in [-0.2, -0.15) is 5.10 Å². The van der Waals surface area contributed by atoms with E-state index in [1.165, 1.54) is 37.7 Å². The summed E-state index contributed by atoms with van der Waals surface area (Å²) in [5, 5.41) is 4.58. The van der Waals surface area contributed by atoms with Gasteiger partial charge in [-0.1, -0.05) is 19.3 Å². The van der Waals surface area contributed by atoms with Crippen molar-refractivity contribution in [1.29, 1.82) is 0 Å². The highest BCUT2D eigenvalue weighted by Crippen LogP contribution is 2.42. The summed E-state index contributed by atoms with van der Waals surface area (Å²) in [7, 11) is 0. The molecule has 0 bridgehead atoms. The van der Waals surface area contributed by atoms with Crippen molar-refractivity contribution in [2.45, 2.75) is 76.0 Å². The number of nitrogens with two attached hydrogens (primary N) is 1. The Morgan fingerprint density at radius 1 is 1.45 bits per heavy atom. The van der Waals surface area contributed by atoms with E-state index in [1.54, 1.807) is 0 Å². The van der Waals surface area contributed by atoms with Crippen LogP contribution in [0.3, 0.4) is 0 Å². The van der Waals surface area contributed by atoms with E-state index in [1.807, 2.05) is 13.1 Å². The lowest BCUT2D eigenvalue weighted by molar-refractivity contribution is -0.115. The maximum atomic E-state index is 6.17. The third-order valence-corrected chi connectivity index (χ3v) is 4.82. The first-order chi connectivity index (χ1) is 9.67. The second-order valence-corrected chi connectivity index (χ2v) is 6.75. The van der Waals surface area contributed by atoms with Crippen molar-refractivity contribution in [3.8, 4) is 0 Å². The molecule has 1 aliphatic carbocycles.